The van der Waals surface area contributed by atoms with E-state index in [2.05, 4.69) is 36.6 Å². The van der Waals surface area contributed by atoms with Crippen LogP contribution >= 0.6 is 0 Å². The van der Waals surface area contributed by atoms with E-state index in [1.165, 1.54) is 148 Å². The fourth-order valence-electron chi connectivity index (χ4n) is 8.66. The van der Waals surface area contributed by atoms with E-state index < -0.39 is 6.04 Å². The van der Waals surface area contributed by atoms with Crippen LogP contribution in [0.25, 0.3) is 0 Å². The molecule has 0 aliphatic rings. The summed E-state index contributed by atoms with van der Waals surface area (Å²) in [6.45, 7) is 8.44. The molecule has 0 aliphatic carbocycles. The van der Waals surface area contributed by atoms with Crippen molar-refractivity contribution >= 4 is 23.6 Å². The first kappa shape index (κ1) is 63.5. The number of carbonyl (C=O) groups is 4. The molecule has 0 rings (SSSR count). The normalized spacial score (nSPS) is 11.9. The van der Waals surface area contributed by atoms with Gasteiger partial charge in [-0.2, -0.15) is 0 Å². The highest BCUT2D eigenvalue weighted by atomic mass is 16.2. The SMILES string of the molecule is CCCCCCCC/C=C\CCCCCCCC(=O)NCCCN(CCCCCN(CCCNC(=O)CCCCCCCCCCCCCCCCC)C(=O)CN)C(=O)C(N)CCCCN. The second-order valence-corrected chi connectivity index (χ2v) is 19.3. The van der Waals surface area contributed by atoms with Gasteiger partial charge in [-0.1, -0.05) is 174 Å². The maximum Gasteiger partial charge on any atom is 0.239 e. The largest absolute Gasteiger partial charge is 0.356 e. The summed E-state index contributed by atoms with van der Waals surface area (Å²) in [6, 6.07) is -0.561. The Balaban J connectivity index is 4.31. The van der Waals surface area contributed by atoms with Gasteiger partial charge >= 0.3 is 0 Å². The highest BCUT2D eigenvalue weighted by Gasteiger charge is 2.20. The second kappa shape index (κ2) is 50.4. The van der Waals surface area contributed by atoms with Crippen LogP contribution in [0.5, 0.6) is 0 Å². The third-order valence-electron chi connectivity index (χ3n) is 13.0. The van der Waals surface area contributed by atoms with E-state index in [0.717, 1.165) is 64.2 Å². The van der Waals surface area contributed by atoms with Crippen molar-refractivity contribution < 1.29 is 19.2 Å². The molecule has 1 atom stereocenters. The number of rotatable bonds is 51. The standard InChI is InChI=1S/C55H109N7O4/c1-3-5-7-9-11-13-15-17-19-21-23-25-27-29-32-41-52(63)59-44-38-48-61(54(65)50-57)46-36-31-37-47-62(55(66)51(58)40-34-35-43-56)49-39-45-60-53(64)42-33-30-28-26-24-22-20-18-16-14-12-10-8-6-4-2/h18,20,51H,3-17,19,21-50,56-58H2,1-2H3,(H,59,63)(H,60,64)/b20-18-. The molecule has 11 nitrogen and oxygen atoms in total. The predicted octanol–water partition coefficient (Wildman–Crippen LogP) is 11.5. The Hall–Kier alpha value is -2.50. The molecule has 0 saturated carbocycles. The average molecular weight is 933 g/mol. The van der Waals surface area contributed by atoms with Crippen molar-refractivity contribution in [3.63, 3.8) is 0 Å². The highest BCUT2D eigenvalue weighted by Crippen LogP contribution is 2.15. The molecule has 0 fully saturated rings. The molecule has 0 spiro atoms. The van der Waals surface area contributed by atoms with Crippen LogP contribution in [0.1, 0.15) is 258 Å². The fourth-order valence-corrected chi connectivity index (χ4v) is 8.66. The molecule has 4 amide bonds. The minimum absolute atomic E-state index is 0.0378. The third-order valence-corrected chi connectivity index (χ3v) is 13.0. The molecular weight excluding hydrogens is 823 g/mol. The first-order valence-electron chi connectivity index (χ1n) is 28.2. The molecule has 11 heteroatoms. The van der Waals surface area contributed by atoms with E-state index in [9.17, 15) is 19.2 Å². The first-order chi connectivity index (χ1) is 32.3. The Kier molecular flexibility index (Phi) is 48.5. The number of allylic oxidation sites excluding steroid dienone is 2. The summed E-state index contributed by atoms with van der Waals surface area (Å²) >= 11 is 0. The lowest BCUT2D eigenvalue weighted by Gasteiger charge is -2.26. The molecule has 8 N–H and O–H groups in total. The lowest BCUT2D eigenvalue weighted by atomic mass is 10.0. The smallest absolute Gasteiger partial charge is 0.239 e. The maximum atomic E-state index is 13.4. The molecule has 0 heterocycles. The van der Waals surface area contributed by atoms with Crippen molar-refractivity contribution in [2.24, 2.45) is 17.2 Å². The van der Waals surface area contributed by atoms with Gasteiger partial charge in [0.25, 0.3) is 0 Å². The Morgan fingerprint density at radius 3 is 1.23 bits per heavy atom. The lowest BCUT2D eigenvalue weighted by Crippen LogP contribution is -2.45. The van der Waals surface area contributed by atoms with E-state index in [4.69, 9.17) is 17.2 Å². The van der Waals surface area contributed by atoms with Gasteiger partial charge in [-0.15, -0.1) is 0 Å². The zero-order valence-corrected chi connectivity index (χ0v) is 43.5. The van der Waals surface area contributed by atoms with Crippen molar-refractivity contribution in [1.29, 1.82) is 0 Å². The van der Waals surface area contributed by atoms with E-state index in [-0.39, 0.29) is 30.2 Å². The lowest BCUT2D eigenvalue weighted by molar-refractivity contribution is -0.133. The molecule has 0 aromatic heterocycles. The summed E-state index contributed by atoms with van der Waals surface area (Å²) in [6.07, 6.45) is 47.6. The summed E-state index contributed by atoms with van der Waals surface area (Å²) in [5.74, 6) is 0.0426. The van der Waals surface area contributed by atoms with Crippen LogP contribution in [0.15, 0.2) is 12.2 Å². The Labute approximate surface area is 407 Å². The van der Waals surface area contributed by atoms with Crippen LogP contribution in [0.3, 0.4) is 0 Å². The fraction of sp³-hybridized carbons (Fsp3) is 0.891. The molecule has 0 aliphatic heterocycles. The molecular formula is C55H109N7O4. The number of unbranched alkanes of at least 4 members (excludes halogenated alkanes) is 28. The minimum Gasteiger partial charge on any atom is -0.356 e. The predicted molar refractivity (Wildman–Crippen MR) is 281 cm³/mol. The molecule has 1 unspecified atom stereocenters. The van der Waals surface area contributed by atoms with Crippen molar-refractivity contribution in [2.45, 2.75) is 264 Å². The average Bonchev–Trinajstić information content (AvgIpc) is 3.32. The van der Waals surface area contributed by atoms with Gasteiger partial charge in [-0.05, 0) is 90.0 Å². The van der Waals surface area contributed by atoms with Crippen molar-refractivity contribution in [2.75, 3.05) is 52.4 Å². The summed E-state index contributed by atoms with van der Waals surface area (Å²) in [4.78, 5) is 54.7. The minimum atomic E-state index is -0.561. The zero-order valence-electron chi connectivity index (χ0n) is 43.5. The van der Waals surface area contributed by atoms with Gasteiger partial charge in [0.1, 0.15) is 0 Å². The third kappa shape index (κ3) is 42.8. The van der Waals surface area contributed by atoms with E-state index >= 15 is 0 Å². The Bertz CT molecular complexity index is 1140. The van der Waals surface area contributed by atoms with E-state index in [1.54, 1.807) is 4.90 Å². The number of nitrogens with two attached hydrogens (primary N) is 3. The molecule has 66 heavy (non-hydrogen) atoms. The van der Waals surface area contributed by atoms with Gasteiger partial charge in [0.2, 0.25) is 23.6 Å². The summed E-state index contributed by atoms with van der Waals surface area (Å²) in [5.41, 5.74) is 17.8. The number of nitrogens with zero attached hydrogens (tertiary/aromatic N) is 2. The molecule has 0 aromatic carbocycles. The monoisotopic (exact) mass is 932 g/mol. The number of amides is 4. The Morgan fingerprint density at radius 1 is 0.439 bits per heavy atom. The van der Waals surface area contributed by atoms with Crippen LogP contribution in [0, 0.1) is 0 Å². The summed E-state index contributed by atoms with van der Waals surface area (Å²) in [7, 11) is 0. The molecule has 0 bridgehead atoms. The second-order valence-electron chi connectivity index (χ2n) is 19.3. The van der Waals surface area contributed by atoms with E-state index in [1.807, 2.05) is 4.90 Å². The van der Waals surface area contributed by atoms with Gasteiger partial charge in [0, 0.05) is 52.1 Å². The Morgan fingerprint density at radius 2 is 0.803 bits per heavy atom. The molecule has 0 saturated heterocycles. The summed E-state index contributed by atoms with van der Waals surface area (Å²) in [5, 5.41) is 6.09. The highest BCUT2D eigenvalue weighted by molar-refractivity contribution is 5.81. The summed E-state index contributed by atoms with van der Waals surface area (Å²) < 4.78 is 0. The van der Waals surface area contributed by atoms with E-state index in [0.29, 0.717) is 77.9 Å². The zero-order chi connectivity index (χ0) is 48.4. The van der Waals surface area contributed by atoms with Gasteiger partial charge in [-0.25, -0.2) is 0 Å². The van der Waals surface area contributed by atoms with Crippen molar-refractivity contribution in [1.82, 2.24) is 20.4 Å². The number of carbonyl (C=O) groups excluding carboxylic acids is 4. The number of hydrogen-bond donors (Lipinski definition) is 5. The van der Waals surface area contributed by atoms with Crippen LogP contribution in [0.2, 0.25) is 0 Å². The quantitative estimate of drug-likeness (QED) is 0.0298. The van der Waals surface area contributed by atoms with Gasteiger partial charge in [0.05, 0.1) is 12.6 Å². The van der Waals surface area contributed by atoms with Crippen LogP contribution in [0.4, 0.5) is 0 Å². The van der Waals surface area contributed by atoms with Crippen LogP contribution < -0.4 is 27.8 Å². The molecule has 388 valence electrons. The topological polar surface area (TPSA) is 177 Å². The maximum absolute atomic E-state index is 13.4. The molecule has 0 radical (unpaired) electrons. The number of nitrogens with one attached hydrogen (secondary N) is 2. The van der Waals surface area contributed by atoms with Crippen molar-refractivity contribution in [3.8, 4) is 0 Å². The molecule has 0 aromatic rings. The van der Waals surface area contributed by atoms with Crippen LogP contribution in [-0.2, 0) is 19.2 Å². The number of hydrogen-bond acceptors (Lipinski definition) is 7. The van der Waals surface area contributed by atoms with Crippen LogP contribution in [-0.4, -0.2) is 91.8 Å². The van der Waals surface area contributed by atoms with Gasteiger partial charge in [0.15, 0.2) is 0 Å². The van der Waals surface area contributed by atoms with Crippen molar-refractivity contribution in [3.05, 3.63) is 12.2 Å². The van der Waals surface area contributed by atoms with Gasteiger partial charge in [-0.3, -0.25) is 19.2 Å². The van der Waals surface area contributed by atoms with Gasteiger partial charge < -0.3 is 37.6 Å². The first-order valence-corrected chi connectivity index (χ1v) is 28.2.